The van der Waals surface area contributed by atoms with E-state index in [1.165, 1.54) is 18.9 Å². The van der Waals surface area contributed by atoms with E-state index in [9.17, 15) is 19.8 Å². The first-order valence-electron chi connectivity index (χ1n) is 10.8. The number of aromatic carboxylic acids is 2. The minimum Gasteiger partial charge on any atom is -0.478 e. The molecule has 0 aromatic heterocycles. The molecule has 1 rings (SSSR count). The van der Waals surface area contributed by atoms with Crippen LogP contribution in [-0.4, -0.2) is 22.2 Å². The Balaban J connectivity index is 2.84. The fourth-order valence-corrected chi connectivity index (χ4v) is 3.60. The van der Waals surface area contributed by atoms with Gasteiger partial charge in [0.25, 0.3) is 0 Å². The van der Waals surface area contributed by atoms with Crippen molar-refractivity contribution in [2.75, 3.05) is 0 Å². The number of hydrogen-bond donors (Lipinski definition) is 2. The van der Waals surface area contributed by atoms with Gasteiger partial charge in [-0.25, -0.2) is 9.59 Å². The molecule has 0 bridgehead atoms. The number of unbranched alkanes of at least 4 members (excludes halogenated alkanes) is 4. The molecule has 0 radical (unpaired) electrons. The van der Waals surface area contributed by atoms with Gasteiger partial charge in [0.1, 0.15) is 0 Å². The molecule has 1 aromatic carbocycles. The van der Waals surface area contributed by atoms with Crippen molar-refractivity contribution >= 4 is 11.9 Å². The van der Waals surface area contributed by atoms with E-state index in [0.29, 0.717) is 24.7 Å². The number of carbonyl (C=O) groups is 2. The fraction of sp³-hybridized carbons (Fsp3) is 0.667. The Labute approximate surface area is 170 Å². The van der Waals surface area contributed by atoms with Crippen molar-refractivity contribution in [1.29, 1.82) is 0 Å². The molecular formula is C24H38O4. The lowest BCUT2D eigenvalue weighted by Crippen LogP contribution is -2.10. The second-order valence-electron chi connectivity index (χ2n) is 8.76. The summed E-state index contributed by atoms with van der Waals surface area (Å²) in [5.74, 6) is -0.704. The SMILES string of the molecule is CC(C)CCCCCc1cc(CCCCCC(C)C)c(C(=O)O)cc1C(=O)O. The Hall–Kier alpha value is -1.84. The van der Waals surface area contributed by atoms with Gasteiger partial charge in [-0.15, -0.1) is 0 Å². The summed E-state index contributed by atoms with van der Waals surface area (Å²) in [4.78, 5) is 23.3. The van der Waals surface area contributed by atoms with Gasteiger partial charge in [0.2, 0.25) is 0 Å². The minimum absolute atomic E-state index is 0.143. The molecule has 2 N–H and O–H groups in total. The third-order valence-corrected chi connectivity index (χ3v) is 5.25. The molecule has 0 saturated heterocycles. The van der Waals surface area contributed by atoms with Gasteiger partial charge >= 0.3 is 11.9 Å². The van der Waals surface area contributed by atoms with E-state index >= 15 is 0 Å². The van der Waals surface area contributed by atoms with Crippen molar-refractivity contribution in [3.63, 3.8) is 0 Å². The van der Waals surface area contributed by atoms with Crippen LogP contribution in [0.3, 0.4) is 0 Å². The molecule has 0 atom stereocenters. The Morgan fingerprint density at radius 2 is 1.07 bits per heavy atom. The maximum Gasteiger partial charge on any atom is 0.335 e. The van der Waals surface area contributed by atoms with E-state index in [1.54, 1.807) is 0 Å². The normalized spacial score (nSPS) is 11.4. The predicted molar refractivity (Wildman–Crippen MR) is 114 cm³/mol. The molecule has 0 aliphatic rings. The van der Waals surface area contributed by atoms with Crippen molar-refractivity contribution in [2.45, 2.75) is 91.9 Å². The number of hydrogen-bond acceptors (Lipinski definition) is 2. The Morgan fingerprint density at radius 1 is 0.679 bits per heavy atom. The summed E-state index contributed by atoms with van der Waals surface area (Å²) in [5, 5.41) is 19.1. The van der Waals surface area contributed by atoms with Crippen LogP contribution in [-0.2, 0) is 12.8 Å². The predicted octanol–water partition coefficient (Wildman–Crippen LogP) is 6.60. The highest BCUT2D eigenvalue weighted by Gasteiger charge is 2.18. The second-order valence-corrected chi connectivity index (χ2v) is 8.76. The van der Waals surface area contributed by atoms with Crippen LogP contribution in [0.15, 0.2) is 12.1 Å². The van der Waals surface area contributed by atoms with Crippen LogP contribution in [0.25, 0.3) is 0 Å². The summed E-state index contributed by atoms with van der Waals surface area (Å²) >= 11 is 0. The van der Waals surface area contributed by atoms with E-state index < -0.39 is 11.9 Å². The highest BCUT2D eigenvalue weighted by Crippen LogP contribution is 2.23. The molecule has 0 amide bonds. The number of carboxylic acid groups (broad SMARTS) is 2. The molecule has 4 nitrogen and oxygen atoms in total. The summed E-state index contributed by atoms with van der Waals surface area (Å²) in [7, 11) is 0. The van der Waals surface area contributed by atoms with Crippen molar-refractivity contribution in [1.82, 2.24) is 0 Å². The average Bonchev–Trinajstić information content (AvgIpc) is 2.60. The number of aryl methyl sites for hydroxylation is 2. The zero-order valence-corrected chi connectivity index (χ0v) is 18.1. The van der Waals surface area contributed by atoms with E-state index in [-0.39, 0.29) is 11.1 Å². The van der Waals surface area contributed by atoms with E-state index in [0.717, 1.165) is 49.7 Å². The zero-order chi connectivity index (χ0) is 21.1. The van der Waals surface area contributed by atoms with Crippen molar-refractivity contribution in [2.24, 2.45) is 11.8 Å². The summed E-state index contributed by atoms with van der Waals surface area (Å²) in [6, 6.07) is 3.22. The molecule has 158 valence electrons. The van der Waals surface area contributed by atoms with Gasteiger partial charge < -0.3 is 10.2 Å². The lowest BCUT2D eigenvalue weighted by molar-refractivity contribution is 0.0695. The monoisotopic (exact) mass is 390 g/mol. The summed E-state index contributed by atoms with van der Waals surface area (Å²) in [5.41, 5.74) is 1.84. The standard InChI is InChI=1S/C24H38O4/c1-17(2)11-7-5-9-13-19-15-20(14-10-6-8-12-18(3)4)22(24(27)28)16-21(19)23(25)26/h15-18H,5-14H2,1-4H3,(H,25,26)(H,27,28). The van der Waals surface area contributed by atoms with Gasteiger partial charge in [0.05, 0.1) is 11.1 Å². The van der Waals surface area contributed by atoms with Crippen LogP contribution in [0.1, 0.15) is 111 Å². The zero-order valence-electron chi connectivity index (χ0n) is 18.1. The van der Waals surface area contributed by atoms with Crippen LogP contribution >= 0.6 is 0 Å². The maximum atomic E-state index is 11.7. The van der Waals surface area contributed by atoms with Gasteiger partial charge in [-0.2, -0.15) is 0 Å². The third-order valence-electron chi connectivity index (χ3n) is 5.25. The van der Waals surface area contributed by atoms with Gasteiger partial charge in [0.15, 0.2) is 0 Å². The molecule has 0 saturated carbocycles. The maximum absolute atomic E-state index is 11.7. The lowest BCUT2D eigenvalue weighted by atomic mass is 9.91. The Bertz CT molecular complexity index is 580. The largest absolute Gasteiger partial charge is 0.478 e. The van der Waals surface area contributed by atoms with Crippen LogP contribution < -0.4 is 0 Å². The van der Waals surface area contributed by atoms with Crippen LogP contribution in [0, 0.1) is 11.8 Å². The quantitative estimate of drug-likeness (QED) is 0.351. The first-order valence-corrected chi connectivity index (χ1v) is 10.8. The van der Waals surface area contributed by atoms with Crippen molar-refractivity contribution < 1.29 is 19.8 Å². The van der Waals surface area contributed by atoms with Crippen LogP contribution in [0.5, 0.6) is 0 Å². The smallest absolute Gasteiger partial charge is 0.335 e. The minimum atomic E-state index is -1.04. The Morgan fingerprint density at radius 3 is 1.39 bits per heavy atom. The molecule has 0 heterocycles. The highest BCUT2D eigenvalue weighted by atomic mass is 16.4. The summed E-state index contributed by atoms with van der Waals surface area (Å²) in [6.45, 7) is 8.84. The number of benzene rings is 1. The molecule has 0 aliphatic heterocycles. The molecule has 0 unspecified atom stereocenters. The molecule has 4 heteroatoms. The molecule has 1 aromatic rings. The molecule has 0 spiro atoms. The van der Waals surface area contributed by atoms with Gasteiger partial charge in [0, 0.05) is 0 Å². The van der Waals surface area contributed by atoms with Gasteiger partial charge in [-0.3, -0.25) is 0 Å². The highest BCUT2D eigenvalue weighted by molar-refractivity contribution is 5.96. The second kappa shape index (κ2) is 12.6. The van der Waals surface area contributed by atoms with Crippen molar-refractivity contribution in [3.8, 4) is 0 Å². The number of rotatable bonds is 14. The molecule has 0 fully saturated rings. The van der Waals surface area contributed by atoms with E-state index in [2.05, 4.69) is 27.7 Å². The third kappa shape index (κ3) is 8.90. The Kier molecular flexibility index (Phi) is 10.9. The van der Waals surface area contributed by atoms with Crippen LogP contribution in [0.2, 0.25) is 0 Å². The fourth-order valence-electron chi connectivity index (χ4n) is 3.60. The van der Waals surface area contributed by atoms with E-state index in [4.69, 9.17) is 0 Å². The number of carboxylic acids is 2. The molecular weight excluding hydrogens is 352 g/mol. The average molecular weight is 391 g/mol. The van der Waals surface area contributed by atoms with E-state index in [1.807, 2.05) is 6.07 Å². The first-order chi connectivity index (χ1) is 13.2. The molecule has 0 aliphatic carbocycles. The van der Waals surface area contributed by atoms with Crippen molar-refractivity contribution in [3.05, 3.63) is 34.4 Å². The topological polar surface area (TPSA) is 74.6 Å². The summed E-state index contributed by atoms with van der Waals surface area (Å²) < 4.78 is 0. The first kappa shape index (κ1) is 24.2. The molecule has 28 heavy (non-hydrogen) atoms. The summed E-state index contributed by atoms with van der Waals surface area (Å²) in [6.07, 6.45) is 10.1. The van der Waals surface area contributed by atoms with Gasteiger partial charge in [-0.1, -0.05) is 72.3 Å². The van der Waals surface area contributed by atoms with Crippen LogP contribution in [0.4, 0.5) is 0 Å². The lowest BCUT2D eigenvalue weighted by Gasteiger charge is -2.13. The van der Waals surface area contributed by atoms with Gasteiger partial charge in [-0.05, 0) is 54.7 Å².